The van der Waals surface area contributed by atoms with Crippen molar-refractivity contribution in [1.82, 2.24) is 24.6 Å². The highest BCUT2D eigenvalue weighted by molar-refractivity contribution is 7.52. The molecule has 2 heterocycles. The van der Waals surface area contributed by atoms with Gasteiger partial charge in [-0.15, -0.1) is 0 Å². The number of carbonyl (C=O) groups is 1. The molecule has 0 bridgehead atoms. The number of imidazole rings is 1. The van der Waals surface area contributed by atoms with Crippen molar-refractivity contribution < 1.29 is 46.5 Å². The lowest BCUT2D eigenvalue weighted by molar-refractivity contribution is -0.259. The molecule has 2 aromatic heterocycles. The number of carbonyl (C=O) groups excluding carboxylic acids is 1. The highest BCUT2D eigenvalue weighted by Gasteiger charge is 2.44. The zero-order valence-electron chi connectivity index (χ0n) is 24.5. The molecule has 0 spiro atoms. The van der Waals surface area contributed by atoms with E-state index in [-0.39, 0.29) is 47.9 Å². The van der Waals surface area contributed by atoms with Crippen molar-refractivity contribution in [3.8, 4) is 11.6 Å². The van der Waals surface area contributed by atoms with Crippen molar-refractivity contribution in [2.45, 2.75) is 58.8 Å². The summed E-state index contributed by atoms with van der Waals surface area (Å²) < 4.78 is 72.2. The van der Waals surface area contributed by atoms with Gasteiger partial charge in [-0.3, -0.25) is 13.9 Å². The number of nitrogens with one attached hydrogen (secondary N) is 1. The molecule has 0 aliphatic carbocycles. The summed E-state index contributed by atoms with van der Waals surface area (Å²) in [5.41, 5.74) is 5.84. The number of fused-ring (bicyclic) bond motifs is 1. The van der Waals surface area contributed by atoms with Crippen molar-refractivity contribution >= 4 is 30.8 Å². The van der Waals surface area contributed by atoms with Gasteiger partial charge in [-0.25, -0.2) is 18.3 Å². The van der Waals surface area contributed by atoms with E-state index >= 15 is 4.39 Å². The number of aliphatic hydroxyl groups is 1. The second kappa shape index (κ2) is 14.8. The van der Waals surface area contributed by atoms with Gasteiger partial charge < -0.3 is 29.6 Å². The van der Waals surface area contributed by atoms with Crippen molar-refractivity contribution in [3.63, 3.8) is 0 Å². The van der Waals surface area contributed by atoms with Crippen LogP contribution in [-0.2, 0) is 23.4 Å². The Labute approximate surface area is 247 Å². The van der Waals surface area contributed by atoms with Crippen LogP contribution in [0.3, 0.4) is 0 Å². The summed E-state index contributed by atoms with van der Waals surface area (Å²) in [6, 6.07) is 6.56. The second-order valence-electron chi connectivity index (χ2n) is 9.88. The van der Waals surface area contributed by atoms with Gasteiger partial charge in [0.05, 0.1) is 19.5 Å². The number of nitrogen functional groups attached to an aromatic ring is 1. The fraction of sp³-hybridized carbons (Fsp3) is 0.538. The van der Waals surface area contributed by atoms with Crippen molar-refractivity contribution in [1.29, 1.82) is 0 Å². The summed E-state index contributed by atoms with van der Waals surface area (Å²) in [7, 11) is -4.56. The number of aromatic nitrogens is 4. The van der Waals surface area contributed by atoms with Crippen LogP contribution in [-0.4, -0.2) is 75.1 Å². The molecular weight excluding hydrogens is 593 g/mol. The first kappa shape index (κ1) is 34.1. The zero-order chi connectivity index (χ0) is 31.8. The van der Waals surface area contributed by atoms with Crippen LogP contribution >= 0.6 is 7.75 Å². The first-order valence-corrected chi connectivity index (χ1v) is 15.0. The Morgan fingerprint density at radius 3 is 2.51 bits per heavy atom. The molecule has 0 saturated heterocycles. The van der Waals surface area contributed by atoms with Gasteiger partial charge in [-0.2, -0.15) is 15.1 Å². The summed E-state index contributed by atoms with van der Waals surface area (Å²) in [6.45, 7) is 5.56. The van der Waals surface area contributed by atoms with E-state index in [0.29, 0.717) is 0 Å². The number of alkyl halides is 2. The predicted octanol–water partition coefficient (Wildman–Crippen LogP) is 3.72. The van der Waals surface area contributed by atoms with Crippen LogP contribution in [0.5, 0.6) is 11.6 Å². The van der Waals surface area contributed by atoms with Crippen LogP contribution in [0.4, 0.5) is 14.7 Å². The molecule has 0 saturated carbocycles. The number of para-hydroxylation sites is 1. The van der Waals surface area contributed by atoms with Crippen LogP contribution in [0.2, 0.25) is 0 Å². The van der Waals surface area contributed by atoms with Crippen LogP contribution < -0.4 is 20.1 Å². The number of benzene rings is 1. The molecule has 5 atom stereocenters. The minimum Gasteiger partial charge on any atom is -0.476 e. The van der Waals surface area contributed by atoms with Gasteiger partial charge >= 0.3 is 13.7 Å². The number of hydrogen-bond donors (Lipinski definition) is 3. The fourth-order valence-corrected chi connectivity index (χ4v) is 5.05. The number of nitrogens with zero attached hydrogens (tertiary/aromatic N) is 4. The molecule has 0 aliphatic rings. The molecule has 0 radical (unpaired) electrons. The molecule has 17 heteroatoms. The third kappa shape index (κ3) is 9.03. The average molecular weight is 631 g/mol. The van der Waals surface area contributed by atoms with Gasteiger partial charge in [0.1, 0.15) is 31.2 Å². The molecule has 2 unspecified atom stereocenters. The van der Waals surface area contributed by atoms with Gasteiger partial charge in [0, 0.05) is 0 Å². The van der Waals surface area contributed by atoms with Crippen LogP contribution in [0.15, 0.2) is 36.7 Å². The van der Waals surface area contributed by atoms with E-state index in [2.05, 4.69) is 20.0 Å². The topological polar surface area (TPSA) is 182 Å². The number of esters is 1. The Bertz CT molecular complexity index is 1400. The van der Waals surface area contributed by atoms with Crippen LogP contribution in [0.25, 0.3) is 11.2 Å². The third-order valence-corrected chi connectivity index (χ3v) is 7.37. The lowest BCUT2D eigenvalue weighted by atomic mass is 10.2. The van der Waals surface area contributed by atoms with E-state index in [1.165, 1.54) is 19.1 Å². The standard InChI is InChI=1S/C26H37F2N6O8P/c1-6-38-23-21-22(31-25(29)32-23)34(15-30-21)20(12-27)41-26(28,18(5)35)14-40-43(37,42-19-10-8-7-9-11-19)33-17(4)24(36)39-13-16(2)3/h7-11,15-18,20,35H,6,12-14H2,1-5H3,(H,33,37)(H2,29,31,32)/t17?,18-,20+,26+,43?/m0/s1. The Hall–Kier alpha value is -3.43. The summed E-state index contributed by atoms with van der Waals surface area (Å²) in [5.74, 6) is -4.00. The second-order valence-corrected chi connectivity index (χ2v) is 11.6. The van der Waals surface area contributed by atoms with Gasteiger partial charge in [-0.1, -0.05) is 32.0 Å². The van der Waals surface area contributed by atoms with Crippen molar-refractivity contribution in [3.05, 3.63) is 36.7 Å². The van der Waals surface area contributed by atoms with Crippen molar-refractivity contribution in [2.24, 2.45) is 5.92 Å². The van der Waals surface area contributed by atoms with E-state index < -0.39 is 51.2 Å². The average Bonchev–Trinajstić information content (AvgIpc) is 3.38. The fourth-order valence-electron chi connectivity index (χ4n) is 3.54. The normalized spacial score (nSPS) is 16.7. The van der Waals surface area contributed by atoms with E-state index in [0.717, 1.165) is 17.8 Å². The summed E-state index contributed by atoms with van der Waals surface area (Å²) >= 11 is 0. The predicted molar refractivity (Wildman–Crippen MR) is 152 cm³/mol. The SMILES string of the molecule is CCOc1nc(N)nc2c1ncn2[C@@H](CF)O[C@](F)(COP(=O)(NC(C)C(=O)OCC(C)C)Oc1ccccc1)[C@H](C)O. The Kier molecular flexibility index (Phi) is 11.8. The van der Waals surface area contributed by atoms with Crippen LogP contribution in [0, 0.1) is 5.92 Å². The maximum absolute atomic E-state index is 16.2. The Morgan fingerprint density at radius 2 is 1.91 bits per heavy atom. The summed E-state index contributed by atoms with van der Waals surface area (Å²) in [5, 5.41) is 12.8. The maximum Gasteiger partial charge on any atom is 0.459 e. The number of nitrogens with two attached hydrogens (primary N) is 1. The lowest BCUT2D eigenvalue weighted by Gasteiger charge is -2.33. The number of hydrogen-bond acceptors (Lipinski definition) is 12. The first-order valence-electron chi connectivity index (χ1n) is 13.5. The zero-order valence-corrected chi connectivity index (χ0v) is 25.4. The molecule has 0 amide bonds. The van der Waals surface area contributed by atoms with E-state index in [1.54, 1.807) is 25.1 Å². The molecule has 1 aromatic carbocycles. The molecule has 3 rings (SSSR count). The molecule has 0 aliphatic heterocycles. The largest absolute Gasteiger partial charge is 0.476 e. The van der Waals surface area contributed by atoms with Crippen LogP contribution in [0.1, 0.15) is 40.8 Å². The molecule has 14 nitrogen and oxygen atoms in total. The highest BCUT2D eigenvalue weighted by atomic mass is 31.2. The van der Waals surface area contributed by atoms with Gasteiger partial charge in [0.25, 0.3) is 5.85 Å². The smallest absolute Gasteiger partial charge is 0.459 e. The molecule has 4 N–H and O–H groups in total. The number of rotatable bonds is 17. The Morgan fingerprint density at radius 1 is 1.21 bits per heavy atom. The highest BCUT2D eigenvalue weighted by Crippen LogP contribution is 2.46. The first-order chi connectivity index (χ1) is 20.3. The number of halogens is 2. The summed E-state index contributed by atoms with van der Waals surface area (Å²) in [6.07, 6.45) is -2.57. The molecule has 238 valence electrons. The van der Waals surface area contributed by atoms with E-state index in [9.17, 15) is 18.9 Å². The van der Waals surface area contributed by atoms with Gasteiger partial charge in [-0.05, 0) is 38.8 Å². The molecule has 0 fully saturated rings. The van der Waals surface area contributed by atoms with Gasteiger partial charge in [0.15, 0.2) is 17.4 Å². The Balaban J connectivity index is 1.87. The van der Waals surface area contributed by atoms with Crippen molar-refractivity contribution in [2.75, 3.05) is 32.2 Å². The van der Waals surface area contributed by atoms with E-state index in [1.807, 2.05) is 13.8 Å². The quantitative estimate of drug-likeness (QED) is 0.145. The monoisotopic (exact) mass is 630 g/mol. The minimum atomic E-state index is -4.56. The van der Waals surface area contributed by atoms with E-state index in [4.69, 9.17) is 29.0 Å². The third-order valence-electron chi connectivity index (χ3n) is 5.75. The molecule has 43 heavy (non-hydrogen) atoms. The lowest BCUT2D eigenvalue weighted by Crippen LogP contribution is -2.46. The maximum atomic E-state index is 16.2. The number of ether oxygens (including phenoxy) is 3. The minimum absolute atomic E-state index is 0.0258. The summed E-state index contributed by atoms with van der Waals surface area (Å²) in [4.78, 5) is 24.6. The molecular formula is C26H37F2N6O8P. The number of aliphatic hydroxyl groups excluding tert-OH is 1. The number of anilines is 1. The van der Waals surface area contributed by atoms with Gasteiger partial charge in [0.2, 0.25) is 11.8 Å². The molecule has 3 aromatic rings.